The molecule has 17 heavy (non-hydrogen) atoms. The van der Waals surface area contributed by atoms with Crippen LogP contribution < -0.4 is 0 Å². The van der Waals surface area contributed by atoms with Gasteiger partial charge in [0.1, 0.15) is 11.5 Å². The summed E-state index contributed by atoms with van der Waals surface area (Å²) in [7, 11) is 0. The van der Waals surface area contributed by atoms with Crippen LogP contribution in [0.1, 0.15) is 13.3 Å². The summed E-state index contributed by atoms with van der Waals surface area (Å²) in [6.07, 6.45) is 4.12. The van der Waals surface area contributed by atoms with E-state index in [1.54, 1.807) is 11.0 Å². The summed E-state index contributed by atoms with van der Waals surface area (Å²) in [6.45, 7) is 3.17. The maximum atomic E-state index is 12.2. The van der Waals surface area contributed by atoms with Crippen molar-refractivity contribution in [3.8, 4) is 0 Å². The summed E-state index contributed by atoms with van der Waals surface area (Å²) in [5.41, 5.74) is -0.667. The van der Waals surface area contributed by atoms with Gasteiger partial charge in [-0.2, -0.15) is 0 Å². The first kappa shape index (κ1) is 10.8. The lowest BCUT2D eigenvalue weighted by Gasteiger charge is -2.21. The highest BCUT2D eigenvalue weighted by Gasteiger charge is 2.66. The van der Waals surface area contributed by atoms with Gasteiger partial charge in [0, 0.05) is 6.54 Å². The van der Waals surface area contributed by atoms with E-state index < -0.39 is 29.5 Å². The van der Waals surface area contributed by atoms with Gasteiger partial charge in [0.25, 0.3) is 0 Å². The van der Waals surface area contributed by atoms with Crippen molar-refractivity contribution in [2.45, 2.75) is 25.0 Å². The first-order valence-corrected chi connectivity index (χ1v) is 5.98. The van der Waals surface area contributed by atoms with Crippen LogP contribution in [0.3, 0.4) is 0 Å². The average molecular weight is 237 g/mol. The molecule has 0 aliphatic carbocycles. The number of ether oxygens (including phenoxy) is 1. The fraction of sp³-hybridized carbons (Fsp3) is 0.667. The van der Waals surface area contributed by atoms with E-state index in [4.69, 9.17) is 4.74 Å². The second kappa shape index (κ2) is 3.32. The molecule has 0 unspecified atom stereocenters. The molecule has 0 aromatic rings. The monoisotopic (exact) mass is 237 g/mol. The quantitative estimate of drug-likeness (QED) is 0.715. The zero-order valence-electron chi connectivity index (χ0n) is 9.63. The van der Waals surface area contributed by atoms with Crippen LogP contribution in [0.5, 0.6) is 0 Å². The molecule has 3 aliphatic rings. The molecule has 5 nitrogen and oxygen atoms in total. The van der Waals surface area contributed by atoms with Crippen molar-refractivity contribution in [1.29, 1.82) is 0 Å². The first-order chi connectivity index (χ1) is 8.09. The van der Waals surface area contributed by atoms with Crippen molar-refractivity contribution in [1.82, 2.24) is 4.90 Å². The van der Waals surface area contributed by atoms with Gasteiger partial charge in [-0.3, -0.25) is 9.59 Å². The standard InChI is InChI=1S/C12H15NO4/c1-2-5-13-6-12-4-3-7(17-12)8(11(15)16)9(12)10(13)14/h3-4,7-9H,2,5-6H2,1H3,(H,15,16)/t7-,8+,9-,12-/m1/s1. The molecular formula is C12H15NO4. The number of hydrogen-bond donors (Lipinski definition) is 1. The number of likely N-dealkylation sites (tertiary alicyclic amines) is 1. The minimum atomic E-state index is -0.932. The van der Waals surface area contributed by atoms with E-state index >= 15 is 0 Å². The van der Waals surface area contributed by atoms with E-state index in [1.165, 1.54) is 0 Å². The van der Waals surface area contributed by atoms with Crippen LogP contribution in [-0.2, 0) is 14.3 Å². The van der Waals surface area contributed by atoms with Gasteiger partial charge in [-0.05, 0) is 6.42 Å². The number of carboxylic acids is 1. The summed E-state index contributed by atoms with van der Waals surface area (Å²) in [4.78, 5) is 25.2. The van der Waals surface area contributed by atoms with Crippen molar-refractivity contribution in [3.05, 3.63) is 12.2 Å². The molecule has 0 saturated carbocycles. The minimum Gasteiger partial charge on any atom is -0.481 e. The molecule has 0 aromatic heterocycles. The number of aliphatic carboxylic acids is 1. The Morgan fingerprint density at radius 1 is 1.71 bits per heavy atom. The number of hydrogen-bond acceptors (Lipinski definition) is 3. The van der Waals surface area contributed by atoms with E-state index in [9.17, 15) is 14.7 Å². The largest absolute Gasteiger partial charge is 0.481 e. The molecule has 1 amide bonds. The summed E-state index contributed by atoms with van der Waals surface area (Å²) < 4.78 is 5.75. The second-order valence-corrected chi connectivity index (χ2v) is 5.00. The highest BCUT2D eigenvalue weighted by atomic mass is 16.5. The Hall–Kier alpha value is -1.36. The Labute approximate surface area is 99.0 Å². The number of carbonyl (C=O) groups is 2. The first-order valence-electron chi connectivity index (χ1n) is 5.98. The minimum absolute atomic E-state index is 0.0638. The molecule has 5 heteroatoms. The number of fused-ring (bicyclic) bond motifs is 1. The summed E-state index contributed by atoms with van der Waals surface area (Å²) in [5.74, 6) is -2.24. The molecule has 3 rings (SSSR count). The van der Waals surface area contributed by atoms with Gasteiger partial charge < -0.3 is 14.7 Å². The van der Waals surface area contributed by atoms with Gasteiger partial charge in [-0.1, -0.05) is 19.1 Å². The molecule has 3 heterocycles. The van der Waals surface area contributed by atoms with Gasteiger partial charge in [0.05, 0.1) is 18.6 Å². The summed E-state index contributed by atoms with van der Waals surface area (Å²) >= 11 is 0. The Morgan fingerprint density at radius 3 is 3.12 bits per heavy atom. The lowest BCUT2D eigenvalue weighted by molar-refractivity contribution is -0.148. The van der Waals surface area contributed by atoms with E-state index in [-0.39, 0.29) is 5.91 Å². The molecule has 2 bridgehead atoms. The Kier molecular flexibility index (Phi) is 2.10. The molecule has 4 atom stereocenters. The zero-order chi connectivity index (χ0) is 12.2. The second-order valence-electron chi connectivity index (χ2n) is 5.00. The SMILES string of the molecule is CCCN1C[C@@]23C=C[C@@H](O2)[C@H](C(=O)O)[C@@H]3C1=O. The molecule has 3 aliphatic heterocycles. The Balaban J connectivity index is 1.96. The third kappa shape index (κ3) is 1.23. The molecule has 0 radical (unpaired) electrons. The molecule has 0 aromatic carbocycles. The van der Waals surface area contributed by atoms with Crippen LogP contribution in [0.25, 0.3) is 0 Å². The fourth-order valence-corrected chi connectivity index (χ4v) is 3.32. The molecule has 1 spiro atoms. The van der Waals surface area contributed by atoms with Crippen molar-refractivity contribution >= 4 is 11.9 Å². The van der Waals surface area contributed by atoms with Crippen molar-refractivity contribution in [2.75, 3.05) is 13.1 Å². The summed E-state index contributed by atoms with van der Waals surface area (Å²) in [5, 5.41) is 9.23. The number of carboxylic acid groups (broad SMARTS) is 1. The highest BCUT2D eigenvalue weighted by molar-refractivity contribution is 5.90. The predicted octanol–water partition coefficient (Wildman–Crippen LogP) is 0.263. The maximum Gasteiger partial charge on any atom is 0.310 e. The maximum absolute atomic E-state index is 12.2. The average Bonchev–Trinajstić information content (AvgIpc) is 2.88. The Bertz CT molecular complexity index is 419. The number of nitrogens with zero attached hydrogens (tertiary/aromatic N) is 1. The van der Waals surface area contributed by atoms with Crippen LogP contribution in [0, 0.1) is 11.8 Å². The van der Waals surface area contributed by atoms with Gasteiger partial charge in [-0.25, -0.2) is 0 Å². The molecule has 1 N–H and O–H groups in total. The van der Waals surface area contributed by atoms with Crippen molar-refractivity contribution < 1.29 is 19.4 Å². The molecule has 92 valence electrons. The van der Waals surface area contributed by atoms with Gasteiger partial charge >= 0.3 is 5.97 Å². The zero-order valence-corrected chi connectivity index (χ0v) is 9.63. The third-order valence-corrected chi connectivity index (χ3v) is 3.96. The molecule has 2 saturated heterocycles. The van der Waals surface area contributed by atoms with Crippen LogP contribution in [0.2, 0.25) is 0 Å². The smallest absolute Gasteiger partial charge is 0.310 e. The van der Waals surface area contributed by atoms with Crippen molar-refractivity contribution in [2.24, 2.45) is 11.8 Å². The van der Waals surface area contributed by atoms with Gasteiger partial charge in [0.15, 0.2) is 0 Å². The normalized spacial score (nSPS) is 42.3. The van der Waals surface area contributed by atoms with E-state index in [1.807, 2.05) is 13.0 Å². The van der Waals surface area contributed by atoms with Crippen LogP contribution in [-0.4, -0.2) is 46.7 Å². The van der Waals surface area contributed by atoms with Gasteiger partial charge in [-0.15, -0.1) is 0 Å². The lowest BCUT2D eigenvalue weighted by Crippen LogP contribution is -2.39. The molecular weight excluding hydrogens is 222 g/mol. The fourth-order valence-electron chi connectivity index (χ4n) is 3.32. The number of rotatable bonds is 3. The lowest BCUT2D eigenvalue weighted by atomic mass is 9.77. The van der Waals surface area contributed by atoms with Crippen molar-refractivity contribution in [3.63, 3.8) is 0 Å². The van der Waals surface area contributed by atoms with E-state index in [0.717, 1.165) is 6.42 Å². The third-order valence-electron chi connectivity index (χ3n) is 3.96. The number of carbonyl (C=O) groups excluding carboxylic acids is 1. The predicted molar refractivity (Wildman–Crippen MR) is 58.2 cm³/mol. The van der Waals surface area contributed by atoms with Crippen LogP contribution in [0.15, 0.2) is 12.2 Å². The summed E-state index contributed by atoms with van der Waals surface area (Å²) in [6, 6.07) is 0. The van der Waals surface area contributed by atoms with Gasteiger partial charge in [0.2, 0.25) is 5.91 Å². The Morgan fingerprint density at radius 2 is 2.47 bits per heavy atom. The van der Waals surface area contributed by atoms with E-state index in [0.29, 0.717) is 13.1 Å². The topological polar surface area (TPSA) is 66.8 Å². The van der Waals surface area contributed by atoms with Crippen LogP contribution >= 0.6 is 0 Å². The van der Waals surface area contributed by atoms with Crippen LogP contribution in [0.4, 0.5) is 0 Å². The number of amides is 1. The molecule has 2 fully saturated rings. The highest BCUT2D eigenvalue weighted by Crippen LogP contribution is 2.51. The van der Waals surface area contributed by atoms with E-state index in [2.05, 4.69) is 0 Å².